The summed E-state index contributed by atoms with van der Waals surface area (Å²) in [6.45, 7) is 0. The summed E-state index contributed by atoms with van der Waals surface area (Å²) in [4.78, 5) is -1.28. The Kier molecular flexibility index (Phi) is 3.86. The van der Waals surface area contributed by atoms with Crippen LogP contribution in [0.1, 0.15) is 0 Å². The van der Waals surface area contributed by atoms with Gasteiger partial charge >= 0.3 is 0 Å². The Balaban J connectivity index is 3.76. The van der Waals surface area contributed by atoms with Crippen molar-refractivity contribution in [1.29, 1.82) is 0 Å². The van der Waals surface area contributed by atoms with Gasteiger partial charge in [-0.2, -0.15) is 16.8 Å². The number of nitrogens with one attached hydrogen (secondary N) is 2. The second-order valence-corrected chi connectivity index (χ2v) is 6.07. The summed E-state index contributed by atoms with van der Waals surface area (Å²) in [5.74, 6) is 0. The second kappa shape index (κ2) is 4.72. The minimum absolute atomic E-state index is 0.00532. The highest BCUT2D eigenvalue weighted by atomic mass is 32.2. The Hall–Kier alpha value is -1.36. The maximum atomic E-state index is 11.1. The Labute approximate surface area is 105 Å². The molecule has 0 atom stereocenters. The lowest BCUT2D eigenvalue weighted by Crippen LogP contribution is -2.09. The molecular weight excluding hydrogens is 284 g/mol. The standard InChI is InChI=1S/C8H12N2O6S2/c1-9-5-3-6(10-2)8(18(14,15)16)4-7(5)17(11,12)13/h3-4,9-10H,1-2H3,(H,11,12,13)(H,14,15,16). The molecule has 0 aromatic heterocycles. The maximum Gasteiger partial charge on any atom is 0.296 e. The molecule has 0 unspecified atom stereocenters. The van der Waals surface area contributed by atoms with E-state index in [0.29, 0.717) is 6.07 Å². The lowest BCUT2D eigenvalue weighted by Gasteiger charge is -2.12. The van der Waals surface area contributed by atoms with Crippen LogP contribution in [0.4, 0.5) is 11.4 Å². The summed E-state index contributed by atoms with van der Waals surface area (Å²) >= 11 is 0. The van der Waals surface area contributed by atoms with Crippen LogP contribution >= 0.6 is 0 Å². The van der Waals surface area contributed by atoms with E-state index in [2.05, 4.69) is 10.6 Å². The highest BCUT2D eigenvalue weighted by Crippen LogP contribution is 2.31. The molecule has 0 aliphatic rings. The maximum absolute atomic E-state index is 11.1. The number of hydrogen-bond donors (Lipinski definition) is 4. The Morgan fingerprint density at radius 1 is 0.833 bits per heavy atom. The fraction of sp³-hybridized carbons (Fsp3) is 0.250. The van der Waals surface area contributed by atoms with Gasteiger partial charge in [-0.25, -0.2) is 0 Å². The molecule has 1 aromatic carbocycles. The molecule has 0 radical (unpaired) electrons. The fourth-order valence-corrected chi connectivity index (χ4v) is 2.86. The molecule has 10 heteroatoms. The van der Waals surface area contributed by atoms with Gasteiger partial charge in [0.2, 0.25) is 0 Å². The summed E-state index contributed by atoms with van der Waals surface area (Å²) in [6.07, 6.45) is 0. The lowest BCUT2D eigenvalue weighted by molar-refractivity contribution is 0.481. The fourth-order valence-electron chi connectivity index (χ4n) is 1.38. The number of rotatable bonds is 4. The van der Waals surface area contributed by atoms with Crippen LogP contribution in [0.5, 0.6) is 0 Å². The van der Waals surface area contributed by atoms with E-state index in [1.165, 1.54) is 14.1 Å². The van der Waals surface area contributed by atoms with E-state index in [4.69, 9.17) is 9.11 Å². The Bertz CT molecular complexity index is 610. The van der Waals surface area contributed by atoms with E-state index in [-0.39, 0.29) is 11.4 Å². The monoisotopic (exact) mass is 296 g/mol. The summed E-state index contributed by atoms with van der Waals surface area (Å²) < 4.78 is 62.4. The van der Waals surface area contributed by atoms with Gasteiger partial charge in [0, 0.05) is 14.1 Å². The number of hydrogen-bond acceptors (Lipinski definition) is 6. The third-order valence-electron chi connectivity index (χ3n) is 2.18. The van der Waals surface area contributed by atoms with Gasteiger partial charge < -0.3 is 10.6 Å². The van der Waals surface area contributed by atoms with Gasteiger partial charge in [0.05, 0.1) is 11.4 Å². The van der Waals surface area contributed by atoms with Crippen LogP contribution in [0.25, 0.3) is 0 Å². The number of anilines is 2. The number of benzene rings is 1. The lowest BCUT2D eigenvalue weighted by atomic mass is 10.2. The Morgan fingerprint density at radius 3 is 1.39 bits per heavy atom. The third-order valence-corrected chi connectivity index (χ3v) is 3.96. The largest absolute Gasteiger partial charge is 0.387 e. The third kappa shape index (κ3) is 2.90. The average Bonchev–Trinajstić information content (AvgIpc) is 2.24. The van der Waals surface area contributed by atoms with Crippen LogP contribution in [0.15, 0.2) is 21.9 Å². The minimum Gasteiger partial charge on any atom is -0.387 e. The van der Waals surface area contributed by atoms with Gasteiger partial charge in [0.15, 0.2) is 0 Å². The highest BCUT2D eigenvalue weighted by molar-refractivity contribution is 7.86. The molecule has 0 heterocycles. The van der Waals surface area contributed by atoms with Crippen LogP contribution in [0.3, 0.4) is 0 Å². The van der Waals surface area contributed by atoms with Crippen molar-refractivity contribution in [3.05, 3.63) is 12.1 Å². The summed E-state index contributed by atoms with van der Waals surface area (Å²) in [5.41, 5.74) is -0.0106. The first-order valence-corrected chi connectivity index (χ1v) is 7.47. The van der Waals surface area contributed by atoms with Crippen LogP contribution in [0, 0.1) is 0 Å². The summed E-state index contributed by atoms with van der Waals surface area (Å²) in [5, 5.41) is 5.00. The molecule has 0 saturated heterocycles. The van der Waals surface area contributed by atoms with Crippen molar-refractivity contribution in [2.45, 2.75) is 9.79 Å². The smallest absolute Gasteiger partial charge is 0.296 e. The van der Waals surface area contributed by atoms with E-state index < -0.39 is 30.0 Å². The molecule has 0 saturated carbocycles. The molecule has 8 nitrogen and oxygen atoms in total. The van der Waals surface area contributed by atoms with Gasteiger partial charge in [0.25, 0.3) is 20.2 Å². The van der Waals surface area contributed by atoms with E-state index in [9.17, 15) is 16.8 Å². The zero-order chi connectivity index (χ0) is 14.1. The van der Waals surface area contributed by atoms with Crippen LogP contribution in [-0.2, 0) is 20.2 Å². The van der Waals surface area contributed by atoms with E-state index in [1.54, 1.807) is 0 Å². The quantitative estimate of drug-likeness (QED) is 0.582. The first-order chi connectivity index (χ1) is 8.11. The molecule has 102 valence electrons. The summed E-state index contributed by atoms with van der Waals surface area (Å²) in [7, 11) is -6.44. The van der Waals surface area contributed by atoms with E-state index >= 15 is 0 Å². The summed E-state index contributed by atoms with van der Waals surface area (Å²) in [6, 6.07) is 1.81. The van der Waals surface area contributed by atoms with Gasteiger partial charge in [-0.05, 0) is 12.1 Å². The molecule has 18 heavy (non-hydrogen) atoms. The molecule has 4 N–H and O–H groups in total. The van der Waals surface area contributed by atoms with Crippen molar-refractivity contribution in [3.8, 4) is 0 Å². The molecule has 0 aliphatic carbocycles. The minimum atomic E-state index is -4.62. The molecule has 0 bridgehead atoms. The zero-order valence-electron chi connectivity index (χ0n) is 9.50. The Morgan fingerprint density at radius 2 is 1.17 bits per heavy atom. The van der Waals surface area contributed by atoms with Crippen molar-refractivity contribution >= 4 is 31.6 Å². The zero-order valence-corrected chi connectivity index (χ0v) is 11.1. The van der Waals surface area contributed by atoms with Gasteiger partial charge in [-0.15, -0.1) is 0 Å². The first kappa shape index (κ1) is 14.7. The molecule has 0 spiro atoms. The van der Waals surface area contributed by atoms with E-state index in [1.807, 2.05) is 0 Å². The van der Waals surface area contributed by atoms with Gasteiger partial charge in [0.1, 0.15) is 9.79 Å². The van der Waals surface area contributed by atoms with Crippen molar-refractivity contribution in [3.63, 3.8) is 0 Å². The molecule has 1 rings (SSSR count). The topological polar surface area (TPSA) is 133 Å². The molecule has 0 aliphatic heterocycles. The van der Waals surface area contributed by atoms with Crippen molar-refractivity contribution < 1.29 is 25.9 Å². The van der Waals surface area contributed by atoms with Crippen molar-refractivity contribution in [1.82, 2.24) is 0 Å². The second-order valence-electron chi connectivity index (χ2n) is 3.29. The molecule has 0 fully saturated rings. The van der Waals surface area contributed by atoms with Crippen molar-refractivity contribution in [2.24, 2.45) is 0 Å². The SMILES string of the molecule is CNc1cc(NC)c(S(=O)(=O)O)cc1S(=O)(=O)O. The van der Waals surface area contributed by atoms with Crippen molar-refractivity contribution in [2.75, 3.05) is 24.7 Å². The van der Waals surface area contributed by atoms with E-state index in [0.717, 1.165) is 6.07 Å². The average molecular weight is 296 g/mol. The van der Waals surface area contributed by atoms with Gasteiger partial charge in [-0.3, -0.25) is 9.11 Å². The first-order valence-electron chi connectivity index (χ1n) is 4.59. The predicted octanol–water partition coefficient (Wildman–Crippen LogP) is 0.263. The van der Waals surface area contributed by atoms with Crippen LogP contribution in [0.2, 0.25) is 0 Å². The highest BCUT2D eigenvalue weighted by Gasteiger charge is 2.23. The molecular formula is C8H12N2O6S2. The predicted molar refractivity (Wildman–Crippen MR) is 65.2 cm³/mol. The normalized spacial score (nSPS) is 12.2. The van der Waals surface area contributed by atoms with Crippen LogP contribution in [-0.4, -0.2) is 40.0 Å². The molecule has 1 aromatic rings. The van der Waals surface area contributed by atoms with Gasteiger partial charge in [-0.1, -0.05) is 0 Å². The van der Waals surface area contributed by atoms with Crippen LogP contribution < -0.4 is 10.6 Å². The molecule has 0 amide bonds.